The van der Waals surface area contributed by atoms with Crippen LogP contribution in [0.3, 0.4) is 0 Å². The molecule has 172 valence electrons. The minimum absolute atomic E-state index is 0.00490. The molecule has 2 N–H and O–H groups in total. The van der Waals surface area contributed by atoms with E-state index >= 15 is 0 Å². The van der Waals surface area contributed by atoms with Gasteiger partial charge in [-0.05, 0) is 55.8 Å². The number of rotatable bonds is 6. The maximum atomic E-state index is 13.1. The molecular formula is C24H32FN5O2. The molecule has 4 fully saturated rings. The molecule has 1 aromatic carbocycles. The largest absolute Gasteiger partial charge is 0.383 e. The van der Waals surface area contributed by atoms with Crippen molar-refractivity contribution in [3.63, 3.8) is 0 Å². The Balaban J connectivity index is 1.16. The quantitative estimate of drug-likeness (QED) is 0.720. The number of nitrogens with one attached hydrogen (secondary N) is 1. The molecule has 3 aliphatic heterocycles. The summed E-state index contributed by atoms with van der Waals surface area (Å²) in [6.07, 6.45) is 8.69. The second-order valence-corrected chi connectivity index (χ2v) is 9.80. The van der Waals surface area contributed by atoms with Crippen molar-refractivity contribution in [1.82, 2.24) is 25.2 Å². The third kappa shape index (κ3) is 4.43. The molecule has 2 bridgehead atoms. The van der Waals surface area contributed by atoms with E-state index in [1.54, 1.807) is 12.1 Å². The van der Waals surface area contributed by atoms with E-state index in [1.165, 1.54) is 18.6 Å². The van der Waals surface area contributed by atoms with Gasteiger partial charge in [-0.3, -0.25) is 14.4 Å². The average Bonchev–Trinajstić information content (AvgIpc) is 3.29. The first kappa shape index (κ1) is 21.5. The predicted octanol–water partition coefficient (Wildman–Crippen LogP) is 2.60. The number of amides is 1. The van der Waals surface area contributed by atoms with E-state index in [4.69, 9.17) is 0 Å². The summed E-state index contributed by atoms with van der Waals surface area (Å²) in [6.45, 7) is 2.93. The molecule has 1 saturated carbocycles. The van der Waals surface area contributed by atoms with Gasteiger partial charge < -0.3 is 10.4 Å². The van der Waals surface area contributed by atoms with Crippen LogP contribution in [0.4, 0.5) is 4.39 Å². The van der Waals surface area contributed by atoms with Crippen molar-refractivity contribution in [1.29, 1.82) is 0 Å². The van der Waals surface area contributed by atoms with Crippen LogP contribution in [0.15, 0.2) is 30.5 Å². The molecule has 4 atom stereocenters. The van der Waals surface area contributed by atoms with Crippen molar-refractivity contribution in [3.05, 3.63) is 47.5 Å². The summed E-state index contributed by atoms with van der Waals surface area (Å²) < 4.78 is 14.9. The number of hydrogen-bond donors (Lipinski definition) is 2. The second-order valence-electron chi connectivity index (χ2n) is 9.80. The van der Waals surface area contributed by atoms with Gasteiger partial charge in [0.05, 0.1) is 18.7 Å². The Labute approximate surface area is 188 Å². The summed E-state index contributed by atoms with van der Waals surface area (Å²) in [7, 11) is 0. The molecule has 0 radical (unpaired) electrons. The molecule has 1 unspecified atom stereocenters. The molecule has 32 heavy (non-hydrogen) atoms. The van der Waals surface area contributed by atoms with Crippen LogP contribution in [0, 0.1) is 17.7 Å². The SMILES string of the molecule is O=C(NCc1ccc(F)cc1)[C@@H]1CN2CC[C@H]1C[C@@H]2Cn1cc(C2(O)CCCCC2)nn1. The van der Waals surface area contributed by atoms with Gasteiger partial charge in [-0.2, -0.15) is 0 Å². The van der Waals surface area contributed by atoms with Crippen LogP contribution >= 0.6 is 0 Å². The van der Waals surface area contributed by atoms with E-state index in [0.29, 0.717) is 24.2 Å². The van der Waals surface area contributed by atoms with Gasteiger partial charge >= 0.3 is 0 Å². The minimum atomic E-state index is -0.823. The monoisotopic (exact) mass is 441 g/mol. The number of aliphatic hydroxyl groups is 1. The highest BCUT2D eigenvalue weighted by Crippen LogP contribution is 2.38. The van der Waals surface area contributed by atoms with Crippen molar-refractivity contribution in [2.75, 3.05) is 13.1 Å². The Morgan fingerprint density at radius 1 is 1.22 bits per heavy atom. The van der Waals surface area contributed by atoms with E-state index in [0.717, 1.165) is 63.7 Å². The summed E-state index contributed by atoms with van der Waals surface area (Å²) in [5.41, 5.74) is 0.780. The van der Waals surface area contributed by atoms with Crippen molar-refractivity contribution >= 4 is 5.91 Å². The number of aromatic nitrogens is 3. The molecule has 7 nitrogen and oxygen atoms in total. The fraction of sp³-hybridized carbons (Fsp3) is 0.625. The number of nitrogens with zero attached hydrogens (tertiary/aromatic N) is 4. The summed E-state index contributed by atoms with van der Waals surface area (Å²) in [5.74, 6) is 0.180. The number of benzene rings is 1. The van der Waals surface area contributed by atoms with E-state index in [-0.39, 0.29) is 17.6 Å². The van der Waals surface area contributed by atoms with E-state index in [1.807, 2.05) is 10.9 Å². The first-order valence-corrected chi connectivity index (χ1v) is 11.9. The molecule has 1 aromatic heterocycles. The Morgan fingerprint density at radius 2 is 2.00 bits per heavy atom. The van der Waals surface area contributed by atoms with Crippen LogP contribution in [-0.4, -0.2) is 50.0 Å². The van der Waals surface area contributed by atoms with Gasteiger partial charge in [-0.1, -0.05) is 36.6 Å². The topological polar surface area (TPSA) is 83.3 Å². The van der Waals surface area contributed by atoms with Crippen molar-refractivity contribution in [3.8, 4) is 0 Å². The standard InChI is InChI=1S/C24H32FN5O2/c25-19-6-4-17(5-7-19)13-26-23(31)21-15-29-11-8-18(21)12-20(29)14-30-16-22(27-28-30)24(32)9-2-1-3-10-24/h4-7,16,18,20-21,32H,1-3,8-15H2,(H,26,31)/t18-,20+,21+/m0/s1. The lowest BCUT2D eigenvalue weighted by atomic mass is 9.75. The third-order valence-corrected chi connectivity index (χ3v) is 7.69. The molecule has 8 heteroatoms. The zero-order valence-corrected chi connectivity index (χ0v) is 18.4. The smallest absolute Gasteiger partial charge is 0.224 e. The third-order valence-electron chi connectivity index (χ3n) is 7.69. The van der Waals surface area contributed by atoms with Gasteiger partial charge in [0.1, 0.15) is 17.1 Å². The molecule has 1 aliphatic carbocycles. The summed E-state index contributed by atoms with van der Waals surface area (Å²) in [5, 5.41) is 22.6. The highest BCUT2D eigenvalue weighted by atomic mass is 19.1. The molecule has 1 amide bonds. The molecule has 0 spiro atoms. The minimum Gasteiger partial charge on any atom is -0.383 e. The fourth-order valence-corrected chi connectivity index (χ4v) is 5.76. The molecule has 2 aromatic rings. The summed E-state index contributed by atoms with van der Waals surface area (Å²) in [4.78, 5) is 15.2. The van der Waals surface area contributed by atoms with Crippen molar-refractivity contribution in [2.45, 2.75) is 69.7 Å². The van der Waals surface area contributed by atoms with Crippen LogP contribution in [0.25, 0.3) is 0 Å². The zero-order valence-electron chi connectivity index (χ0n) is 18.4. The first-order valence-electron chi connectivity index (χ1n) is 11.9. The van der Waals surface area contributed by atoms with Crippen LogP contribution in [0.2, 0.25) is 0 Å². The number of carbonyl (C=O) groups is 1. The Hall–Kier alpha value is -2.32. The Kier molecular flexibility index (Phi) is 5.99. The molecule has 4 heterocycles. The number of halogens is 1. The highest BCUT2D eigenvalue weighted by molar-refractivity contribution is 5.79. The van der Waals surface area contributed by atoms with Gasteiger partial charge in [0.25, 0.3) is 0 Å². The maximum Gasteiger partial charge on any atom is 0.224 e. The van der Waals surface area contributed by atoms with Crippen molar-refractivity contribution < 1.29 is 14.3 Å². The van der Waals surface area contributed by atoms with Crippen LogP contribution in [0.1, 0.15) is 56.2 Å². The second kappa shape index (κ2) is 8.90. The van der Waals surface area contributed by atoms with Gasteiger partial charge in [0.15, 0.2) is 0 Å². The van der Waals surface area contributed by atoms with Gasteiger partial charge in [0.2, 0.25) is 5.91 Å². The van der Waals surface area contributed by atoms with E-state index < -0.39 is 5.60 Å². The molecular weight excluding hydrogens is 409 g/mol. The van der Waals surface area contributed by atoms with Crippen LogP contribution in [-0.2, 0) is 23.5 Å². The van der Waals surface area contributed by atoms with Gasteiger partial charge in [-0.15, -0.1) is 5.10 Å². The zero-order chi connectivity index (χ0) is 22.1. The number of hydrogen-bond acceptors (Lipinski definition) is 5. The normalized spacial score (nSPS) is 29.1. The summed E-state index contributed by atoms with van der Waals surface area (Å²) >= 11 is 0. The molecule has 6 rings (SSSR count). The molecule has 4 aliphatic rings. The fourth-order valence-electron chi connectivity index (χ4n) is 5.76. The molecule has 3 saturated heterocycles. The Morgan fingerprint density at radius 3 is 2.72 bits per heavy atom. The van der Waals surface area contributed by atoms with Crippen LogP contribution < -0.4 is 5.32 Å². The van der Waals surface area contributed by atoms with Crippen LogP contribution in [0.5, 0.6) is 0 Å². The number of piperidine rings is 3. The van der Waals surface area contributed by atoms with Crippen molar-refractivity contribution in [2.24, 2.45) is 11.8 Å². The highest BCUT2D eigenvalue weighted by Gasteiger charge is 2.43. The first-order chi connectivity index (χ1) is 15.5. The number of carbonyl (C=O) groups excluding carboxylic acids is 1. The lowest BCUT2D eigenvalue weighted by Gasteiger charge is -2.49. The summed E-state index contributed by atoms with van der Waals surface area (Å²) in [6, 6.07) is 6.59. The van der Waals surface area contributed by atoms with E-state index in [9.17, 15) is 14.3 Å². The van der Waals surface area contributed by atoms with E-state index in [2.05, 4.69) is 20.5 Å². The lowest BCUT2D eigenvalue weighted by Crippen LogP contribution is -2.58. The Bertz CT molecular complexity index is 940. The average molecular weight is 442 g/mol. The van der Waals surface area contributed by atoms with Gasteiger partial charge in [-0.25, -0.2) is 4.39 Å². The lowest BCUT2D eigenvalue weighted by molar-refractivity contribution is -0.133. The maximum absolute atomic E-state index is 13.1. The number of fused-ring (bicyclic) bond motifs is 3. The van der Waals surface area contributed by atoms with Gasteiger partial charge in [0, 0.05) is 19.1 Å². The predicted molar refractivity (Wildman–Crippen MR) is 117 cm³/mol.